The highest BCUT2D eigenvalue weighted by Crippen LogP contribution is 2.34. The lowest BCUT2D eigenvalue weighted by Gasteiger charge is -2.11. The van der Waals surface area contributed by atoms with Gasteiger partial charge in [-0.15, -0.1) is 11.6 Å². The first-order valence-electron chi connectivity index (χ1n) is 4.67. The van der Waals surface area contributed by atoms with Crippen molar-refractivity contribution in [2.45, 2.75) is 5.38 Å². The van der Waals surface area contributed by atoms with Crippen LogP contribution in [0.1, 0.15) is 16.5 Å². The van der Waals surface area contributed by atoms with Gasteiger partial charge >= 0.3 is 0 Å². The van der Waals surface area contributed by atoms with Gasteiger partial charge in [0.15, 0.2) is 0 Å². The molecule has 0 amide bonds. The minimum absolute atomic E-state index is 0.307. The maximum atomic E-state index is 6.32. The number of benzene rings is 1. The molecule has 1 heterocycles. The molecule has 1 aromatic heterocycles. The first kappa shape index (κ1) is 11.7. The highest BCUT2D eigenvalue weighted by atomic mass is 35.5. The van der Waals surface area contributed by atoms with Crippen molar-refractivity contribution in [2.75, 3.05) is 0 Å². The predicted molar refractivity (Wildman–Crippen MR) is 68.4 cm³/mol. The summed E-state index contributed by atoms with van der Waals surface area (Å²) in [6, 6.07) is 9.04. The quantitative estimate of drug-likeness (QED) is 0.721. The molecule has 16 heavy (non-hydrogen) atoms. The summed E-state index contributed by atoms with van der Waals surface area (Å²) in [4.78, 5) is 4.02. The molecule has 2 rings (SSSR count). The lowest BCUT2D eigenvalue weighted by molar-refractivity contribution is 1.11. The zero-order chi connectivity index (χ0) is 11.5. The summed E-state index contributed by atoms with van der Waals surface area (Å²) in [6.45, 7) is 0. The molecule has 0 saturated carbocycles. The Balaban J connectivity index is 2.38. The topological polar surface area (TPSA) is 12.9 Å². The zero-order valence-electron chi connectivity index (χ0n) is 8.20. The van der Waals surface area contributed by atoms with Gasteiger partial charge in [0, 0.05) is 22.4 Å². The lowest BCUT2D eigenvalue weighted by atomic mass is 10.1. The molecule has 0 spiro atoms. The first-order chi connectivity index (χ1) is 7.68. The van der Waals surface area contributed by atoms with Crippen LogP contribution in [0, 0.1) is 0 Å². The second-order valence-corrected chi connectivity index (χ2v) is 4.59. The summed E-state index contributed by atoms with van der Waals surface area (Å²) in [6.07, 6.45) is 3.43. The van der Waals surface area contributed by atoms with E-state index in [1.54, 1.807) is 24.5 Å². The summed E-state index contributed by atoms with van der Waals surface area (Å²) in [5.74, 6) is 0. The highest BCUT2D eigenvalue weighted by Gasteiger charge is 2.14. The Morgan fingerprint density at radius 2 is 1.94 bits per heavy atom. The lowest BCUT2D eigenvalue weighted by Crippen LogP contribution is -1.94. The van der Waals surface area contributed by atoms with Gasteiger partial charge in [-0.1, -0.05) is 35.3 Å². The van der Waals surface area contributed by atoms with Gasteiger partial charge in [0.2, 0.25) is 0 Å². The van der Waals surface area contributed by atoms with Crippen LogP contribution in [-0.2, 0) is 0 Å². The molecule has 1 aromatic carbocycles. The number of hydrogen-bond acceptors (Lipinski definition) is 1. The van der Waals surface area contributed by atoms with Gasteiger partial charge in [-0.05, 0) is 29.3 Å². The number of halogens is 3. The van der Waals surface area contributed by atoms with Gasteiger partial charge in [-0.25, -0.2) is 0 Å². The van der Waals surface area contributed by atoms with Crippen LogP contribution in [0.15, 0.2) is 42.7 Å². The van der Waals surface area contributed by atoms with Crippen molar-refractivity contribution in [3.05, 3.63) is 63.9 Å². The van der Waals surface area contributed by atoms with Gasteiger partial charge in [-0.3, -0.25) is 4.98 Å². The fraction of sp³-hybridized carbons (Fsp3) is 0.0833. The second kappa shape index (κ2) is 5.05. The highest BCUT2D eigenvalue weighted by molar-refractivity contribution is 6.36. The van der Waals surface area contributed by atoms with Crippen LogP contribution in [-0.4, -0.2) is 4.98 Å². The van der Waals surface area contributed by atoms with Crippen molar-refractivity contribution in [3.63, 3.8) is 0 Å². The third-order valence-electron chi connectivity index (χ3n) is 2.21. The molecule has 0 N–H and O–H groups in total. The summed E-state index contributed by atoms with van der Waals surface area (Å²) < 4.78 is 0. The number of nitrogens with zero attached hydrogens (tertiary/aromatic N) is 1. The third-order valence-corrected chi connectivity index (χ3v) is 3.26. The first-order valence-corrected chi connectivity index (χ1v) is 5.86. The van der Waals surface area contributed by atoms with Crippen molar-refractivity contribution >= 4 is 34.8 Å². The van der Waals surface area contributed by atoms with E-state index in [4.69, 9.17) is 34.8 Å². The van der Waals surface area contributed by atoms with Gasteiger partial charge in [0.1, 0.15) is 0 Å². The maximum Gasteiger partial charge on any atom is 0.0864 e. The van der Waals surface area contributed by atoms with E-state index in [0.717, 1.165) is 11.1 Å². The fourth-order valence-electron chi connectivity index (χ4n) is 1.41. The monoisotopic (exact) mass is 271 g/mol. The Labute approximate surface area is 109 Å². The molecular formula is C12H8Cl3N. The average molecular weight is 273 g/mol. The minimum Gasteiger partial charge on any atom is -0.264 e. The molecule has 0 saturated heterocycles. The minimum atomic E-state index is -0.307. The second-order valence-electron chi connectivity index (χ2n) is 3.31. The fourth-order valence-corrected chi connectivity index (χ4v) is 2.31. The normalized spacial score (nSPS) is 12.4. The van der Waals surface area contributed by atoms with Crippen molar-refractivity contribution in [3.8, 4) is 0 Å². The smallest absolute Gasteiger partial charge is 0.0864 e. The predicted octanol–water partition coefficient (Wildman–Crippen LogP) is 4.72. The van der Waals surface area contributed by atoms with Crippen molar-refractivity contribution < 1.29 is 0 Å². The third kappa shape index (κ3) is 2.49. The standard InChI is InChI=1S/C12H8Cl3N/c13-9-3-4-10(11(14)6-9)12(15)8-2-1-5-16-7-8/h1-7,12H. The van der Waals surface area contributed by atoms with Crippen LogP contribution < -0.4 is 0 Å². The Morgan fingerprint density at radius 3 is 2.56 bits per heavy atom. The molecule has 2 aromatic rings. The zero-order valence-corrected chi connectivity index (χ0v) is 10.5. The van der Waals surface area contributed by atoms with E-state index in [1.807, 2.05) is 18.2 Å². The van der Waals surface area contributed by atoms with Gasteiger partial charge < -0.3 is 0 Å². The summed E-state index contributed by atoms with van der Waals surface area (Å²) in [5, 5.41) is 0.860. The number of pyridine rings is 1. The van der Waals surface area contributed by atoms with Gasteiger partial charge in [0.05, 0.1) is 5.38 Å². The van der Waals surface area contributed by atoms with E-state index < -0.39 is 0 Å². The van der Waals surface area contributed by atoms with Crippen LogP contribution >= 0.6 is 34.8 Å². The SMILES string of the molecule is Clc1ccc(C(Cl)c2cccnc2)c(Cl)c1. The molecule has 4 heteroatoms. The molecule has 0 aliphatic heterocycles. The van der Waals surface area contributed by atoms with E-state index >= 15 is 0 Å². The van der Waals surface area contributed by atoms with E-state index in [2.05, 4.69) is 4.98 Å². The van der Waals surface area contributed by atoms with Crippen molar-refractivity contribution in [2.24, 2.45) is 0 Å². The molecule has 82 valence electrons. The Bertz CT molecular complexity index is 485. The van der Waals surface area contributed by atoms with Crippen LogP contribution in [0.25, 0.3) is 0 Å². The average Bonchev–Trinajstić information content (AvgIpc) is 2.29. The number of aromatic nitrogens is 1. The van der Waals surface area contributed by atoms with E-state index in [9.17, 15) is 0 Å². The van der Waals surface area contributed by atoms with Crippen molar-refractivity contribution in [1.29, 1.82) is 0 Å². The van der Waals surface area contributed by atoms with Crippen LogP contribution in [0.4, 0.5) is 0 Å². The maximum absolute atomic E-state index is 6.32. The molecule has 1 atom stereocenters. The van der Waals surface area contributed by atoms with Crippen LogP contribution in [0.3, 0.4) is 0 Å². The Morgan fingerprint density at radius 1 is 1.12 bits per heavy atom. The van der Waals surface area contributed by atoms with Crippen molar-refractivity contribution in [1.82, 2.24) is 4.98 Å². The number of alkyl halides is 1. The van der Waals surface area contributed by atoms with Gasteiger partial charge in [0.25, 0.3) is 0 Å². The van der Waals surface area contributed by atoms with E-state index in [-0.39, 0.29) is 5.38 Å². The van der Waals surface area contributed by atoms with E-state index in [1.165, 1.54) is 0 Å². The summed E-state index contributed by atoms with van der Waals surface area (Å²) >= 11 is 18.2. The molecular weight excluding hydrogens is 264 g/mol. The molecule has 0 radical (unpaired) electrons. The largest absolute Gasteiger partial charge is 0.264 e. The Hall–Kier alpha value is -0.760. The number of rotatable bonds is 2. The van der Waals surface area contributed by atoms with E-state index in [0.29, 0.717) is 10.0 Å². The van der Waals surface area contributed by atoms with Gasteiger partial charge in [-0.2, -0.15) is 0 Å². The van der Waals surface area contributed by atoms with Crippen LogP contribution in [0.2, 0.25) is 10.0 Å². The molecule has 1 nitrogen and oxygen atoms in total. The molecule has 0 fully saturated rings. The molecule has 0 aliphatic rings. The molecule has 0 bridgehead atoms. The Kier molecular flexibility index (Phi) is 3.70. The molecule has 0 aliphatic carbocycles. The molecule has 1 unspecified atom stereocenters. The van der Waals surface area contributed by atoms with Crippen LogP contribution in [0.5, 0.6) is 0 Å². The summed E-state index contributed by atoms with van der Waals surface area (Å²) in [7, 11) is 0. The number of hydrogen-bond donors (Lipinski definition) is 0. The summed E-state index contributed by atoms with van der Waals surface area (Å²) in [5.41, 5.74) is 1.74.